The molecule has 0 aromatic carbocycles. The van der Waals surface area contributed by atoms with Crippen LogP contribution in [0, 0.1) is 12.8 Å². The van der Waals surface area contributed by atoms with Crippen LogP contribution in [-0.4, -0.2) is 27.2 Å². The molecule has 0 spiro atoms. The lowest BCUT2D eigenvalue weighted by Gasteiger charge is -2.12. The number of nitrogens with zero attached hydrogens (tertiary/aromatic N) is 2. The number of anilines is 1. The van der Waals surface area contributed by atoms with Gasteiger partial charge in [0.05, 0.1) is 11.4 Å². The second-order valence-corrected chi connectivity index (χ2v) is 5.45. The number of thioether (sulfide) groups is 1. The van der Waals surface area contributed by atoms with Gasteiger partial charge in [0.25, 0.3) is 0 Å². The Hall–Kier alpha value is -0.680. The third-order valence-corrected chi connectivity index (χ3v) is 3.81. The predicted molar refractivity (Wildman–Crippen MR) is 68.7 cm³/mol. The number of aromatic nitrogens is 2. The van der Waals surface area contributed by atoms with Crippen molar-refractivity contribution in [3.8, 4) is 0 Å². The fourth-order valence-corrected chi connectivity index (χ4v) is 2.54. The molecule has 5 heteroatoms. The zero-order chi connectivity index (χ0) is 12.3. The van der Waals surface area contributed by atoms with Crippen LogP contribution in [-0.2, 0) is 0 Å². The standard InChI is InChI=1S/C11H21N3OS/c1-7(2)14-11(10(12)9(4)13-14)16-6-8(3)5-15/h7-8,15H,5-6,12H2,1-4H3. The lowest BCUT2D eigenvalue weighted by atomic mass is 10.2. The molecule has 0 saturated carbocycles. The van der Waals surface area contributed by atoms with Gasteiger partial charge in [0.15, 0.2) is 0 Å². The summed E-state index contributed by atoms with van der Waals surface area (Å²) in [4.78, 5) is 0. The van der Waals surface area contributed by atoms with Gasteiger partial charge in [-0.15, -0.1) is 11.8 Å². The van der Waals surface area contributed by atoms with E-state index < -0.39 is 0 Å². The van der Waals surface area contributed by atoms with E-state index in [9.17, 15) is 0 Å². The van der Waals surface area contributed by atoms with Gasteiger partial charge in [-0.2, -0.15) is 5.10 Å². The van der Waals surface area contributed by atoms with Gasteiger partial charge in [-0.05, 0) is 26.7 Å². The second-order valence-electron chi connectivity index (χ2n) is 4.44. The number of rotatable bonds is 5. The molecule has 0 aliphatic rings. The number of nitrogens with two attached hydrogens (primary N) is 1. The van der Waals surface area contributed by atoms with E-state index in [1.54, 1.807) is 11.8 Å². The van der Waals surface area contributed by atoms with Gasteiger partial charge in [0.1, 0.15) is 5.03 Å². The van der Waals surface area contributed by atoms with Crippen molar-refractivity contribution < 1.29 is 5.11 Å². The zero-order valence-corrected chi connectivity index (χ0v) is 11.2. The summed E-state index contributed by atoms with van der Waals surface area (Å²) in [5.74, 6) is 1.14. The Morgan fingerprint density at radius 3 is 2.56 bits per heavy atom. The third kappa shape index (κ3) is 2.92. The van der Waals surface area contributed by atoms with Gasteiger partial charge in [0.2, 0.25) is 0 Å². The van der Waals surface area contributed by atoms with Gasteiger partial charge in [-0.3, -0.25) is 4.68 Å². The minimum absolute atomic E-state index is 0.210. The van der Waals surface area contributed by atoms with Crippen LogP contribution >= 0.6 is 11.8 Å². The topological polar surface area (TPSA) is 64.1 Å². The van der Waals surface area contributed by atoms with Crippen LogP contribution < -0.4 is 5.73 Å². The highest BCUT2D eigenvalue weighted by Gasteiger charge is 2.15. The SMILES string of the molecule is Cc1nn(C(C)C)c(SCC(C)CO)c1N. The summed E-state index contributed by atoms with van der Waals surface area (Å²) < 4.78 is 1.96. The maximum Gasteiger partial charge on any atom is 0.118 e. The van der Waals surface area contributed by atoms with E-state index in [0.717, 1.165) is 22.2 Å². The maximum atomic E-state index is 9.00. The number of nitrogen functional groups attached to an aromatic ring is 1. The first kappa shape index (κ1) is 13.4. The fourth-order valence-electron chi connectivity index (χ4n) is 1.31. The molecule has 1 aromatic rings. The summed E-state index contributed by atoms with van der Waals surface area (Å²) in [6, 6.07) is 0.308. The molecule has 0 bridgehead atoms. The Kier molecular flexibility index (Phi) is 4.68. The highest BCUT2D eigenvalue weighted by Crippen LogP contribution is 2.31. The summed E-state index contributed by atoms with van der Waals surface area (Å²) in [5, 5.41) is 14.4. The van der Waals surface area contributed by atoms with Crippen molar-refractivity contribution in [1.82, 2.24) is 9.78 Å². The van der Waals surface area contributed by atoms with Gasteiger partial charge in [0, 0.05) is 18.4 Å². The van der Waals surface area contributed by atoms with E-state index >= 15 is 0 Å². The monoisotopic (exact) mass is 243 g/mol. The van der Waals surface area contributed by atoms with Crippen molar-refractivity contribution in [2.75, 3.05) is 18.1 Å². The molecule has 1 rings (SSSR count). The maximum absolute atomic E-state index is 9.00. The van der Waals surface area contributed by atoms with Crippen LogP contribution in [0.2, 0.25) is 0 Å². The molecule has 0 fully saturated rings. The first-order valence-electron chi connectivity index (χ1n) is 5.55. The summed E-state index contributed by atoms with van der Waals surface area (Å²) in [6.07, 6.45) is 0. The van der Waals surface area contributed by atoms with Gasteiger partial charge in [-0.25, -0.2) is 0 Å². The van der Waals surface area contributed by atoms with Crippen LogP contribution in [0.25, 0.3) is 0 Å². The van der Waals surface area contributed by atoms with E-state index in [1.807, 2.05) is 18.5 Å². The van der Waals surface area contributed by atoms with Gasteiger partial charge in [-0.1, -0.05) is 6.92 Å². The molecule has 16 heavy (non-hydrogen) atoms. The van der Waals surface area contributed by atoms with Crippen molar-refractivity contribution in [2.45, 2.75) is 38.8 Å². The normalized spacial score (nSPS) is 13.4. The fraction of sp³-hybridized carbons (Fsp3) is 0.727. The Labute approximate surface area is 101 Å². The van der Waals surface area contributed by atoms with E-state index in [-0.39, 0.29) is 12.5 Å². The lowest BCUT2D eigenvalue weighted by molar-refractivity contribution is 0.250. The van der Waals surface area contributed by atoms with E-state index in [4.69, 9.17) is 10.8 Å². The average Bonchev–Trinajstić information content (AvgIpc) is 2.53. The molecule has 1 aromatic heterocycles. The Morgan fingerprint density at radius 1 is 1.44 bits per heavy atom. The summed E-state index contributed by atoms with van der Waals surface area (Å²) in [6.45, 7) is 8.33. The van der Waals surface area contributed by atoms with E-state index in [0.29, 0.717) is 6.04 Å². The number of hydrogen-bond acceptors (Lipinski definition) is 4. The number of aryl methyl sites for hydroxylation is 1. The van der Waals surface area contributed by atoms with E-state index in [2.05, 4.69) is 18.9 Å². The predicted octanol–water partition coefficient (Wildman–Crippen LogP) is 2.08. The van der Waals surface area contributed by atoms with Crippen LogP contribution in [0.1, 0.15) is 32.5 Å². The van der Waals surface area contributed by atoms with Crippen LogP contribution in [0.4, 0.5) is 5.69 Å². The number of aliphatic hydroxyl groups is 1. The molecule has 4 nitrogen and oxygen atoms in total. The summed E-state index contributed by atoms with van der Waals surface area (Å²) in [5.41, 5.74) is 7.65. The quantitative estimate of drug-likeness (QED) is 0.777. The van der Waals surface area contributed by atoms with Gasteiger partial charge < -0.3 is 10.8 Å². The first-order chi connectivity index (χ1) is 7.47. The summed E-state index contributed by atoms with van der Waals surface area (Å²) >= 11 is 1.67. The van der Waals surface area contributed by atoms with Crippen molar-refractivity contribution in [3.63, 3.8) is 0 Å². The minimum Gasteiger partial charge on any atom is -0.396 e. The highest BCUT2D eigenvalue weighted by atomic mass is 32.2. The van der Waals surface area contributed by atoms with Crippen LogP contribution in [0.15, 0.2) is 5.03 Å². The smallest absolute Gasteiger partial charge is 0.118 e. The molecule has 0 saturated heterocycles. The largest absolute Gasteiger partial charge is 0.396 e. The summed E-state index contributed by atoms with van der Waals surface area (Å²) in [7, 11) is 0. The number of hydrogen-bond donors (Lipinski definition) is 2. The lowest BCUT2D eigenvalue weighted by Crippen LogP contribution is -2.08. The molecule has 1 unspecified atom stereocenters. The molecule has 0 aliphatic heterocycles. The Morgan fingerprint density at radius 2 is 2.06 bits per heavy atom. The van der Waals surface area contributed by atoms with Crippen molar-refractivity contribution in [2.24, 2.45) is 5.92 Å². The first-order valence-corrected chi connectivity index (χ1v) is 6.54. The third-order valence-electron chi connectivity index (χ3n) is 2.39. The highest BCUT2D eigenvalue weighted by molar-refractivity contribution is 7.99. The Balaban J connectivity index is 2.85. The molecule has 1 atom stereocenters. The minimum atomic E-state index is 0.210. The molecular weight excluding hydrogens is 222 g/mol. The van der Waals surface area contributed by atoms with Crippen LogP contribution in [0.3, 0.4) is 0 Å². The molecule has 3 N–H and O–H groups in total. The molecular formula is C11H21N3OS. The molecule has 92 valence electrons. The van der Waals surface area contributed by atoms with Crippen molar-refractivity contribution in [3.05, 3.63) is 5.69 Å². The molecule has 1 heterocycles. The molecule has 0 amide bonds. The second kappa shape index (κ2) is 5.59. The Bertz CT molecular complexity index is 349. The zero-order valence-electron chi connectivity index (χ0n) is 10.4. The van der Waals surface area contributed by atoms with Crippen molar-refractivity contribution >= 4 is 17.4 Å². The molecule has 0 radical (unpaired) electrons. The van der Waals surface area contributed by atoms with Crippen LogP contribution in [0.5, 0.6) is 0 Å². The average molecular weight is 243 g/mol. The van der Waals surface area contributed by atoms with Gasteiger partial charge >= 0.3 is 0 Å². The van der Waals surface area contributed by atoms with E-state index in [1.165, 1.54) is 0 Å². The molecule has 0 aliphatic carbocycles. The van der Waals surface area contributed by atoms with Crippen molar-refractivity contribution in [1.29, 1.82) is 0 Å². The number of aliphatic hydroxyl groups excluding tert-OH is 1.